The molecule has 1 aliphatic rings. The molecule has 9 heteroatoms. The second kappa shape index (κ2) is 14.2. The standard InChI is InChI=1S/C28H36FNO3Si.CH2O3/c1-34(2,3)15-14-31-20-33-27-17-21(16-23-6-4-5-7-25(23)27)19-32-28-18-30-13-12-26(28)22-8-10-24(29)11-9-22;2-1(3)4/h4-11,16-17,26,28,30H,12-15,18-20H2,1-3H3;(H2,2,3,4). The number of piperidine rings is 1. The summed E-state index contributed by atoms with van der Waals surface area (Å²) in [5.41, 5.74) is 2.20. The van der Waals surface area contributed by atoms with Crippen molar-refractivity contribution in [3.63, 3.8) is 0 Å². The van der Waals surface area contributed by atoms with Crippen LogP contribution in [0.15, 0.2) is 60.7 Å². The van der Waals surface area contributed by atoms with Crippen molar-refractivity contribution in [2.75, 3.05) is 26.5 Å². The molecule has 1 fully saturated rings. The van der Waals surface area contributed by atoms with Gasteiger partial charge in [0, 0.05) is 32.5 Å². The van der Waals surface area contributed by atoms with Crippen LogP contribution in [0.25, 0.3) is 10.8 Å². The van der Waals surface area contributed by atoms with Crippen molar-refractivity contribution in [1.29, 1.82) is 0 Å². The fourth-order valence-corrected chi connectivity index (χ4v) is 5.14. The van der Waals surface area contributed by atoms with Crippen LogP contribution in [0, 0.1) is 5.82 Å². The Kier molecular flexibility index (Phi) is 11.1. The van der Waals surface area contributed by atoms with Gasteiger partial charge in [0.1, 0.15) is 11.6 Å². The highest BCUT2D eigenvalue weighted by atomic mass is 28.3. The van der Waals surface area contributed by atoms with Crippen LogP contribution in [0.1, 0.15) is 23.5 Å². The number of hydrogen-bond acceptors (Lipinski definition) is 5. The van der Waals surface area contributed by atoms with Gasteiger partial charge in [-0.1, -0.05) is 56.0 Å². The molecule has 1 aliphatic heterocycles. The summed E-state index contributed by atoms with van der Waals surface area (Å²) in [6, 6.07) is 20.4. The van der Waals surface area contributed by atoms with Gasteiger partial charge >= 0.3 is 6.16 Å². The van der Waals surface area contributed by atoms with Crippen LogP contribution in [0.5, 0.6) is 5.75 Å². The number of benzene rings is 3. The minimum atomic E-state index is -1.83. The second-order valence-electron chi connectivity index (χ2n) is 10.6. The van der Waals surface area contributed by atoms with E-state index in [1.165, 1.54) is 12.1 Å². The molecule has 2 atom stereocenters. The zero-order valence-electron chi connectivity index (χ0n) is 22.3. The molecule has 0 aromatic heterocycles. The molecule has 3 aromatic rings. The summed E-state index contributed by atoms with van der Waals surface area (Å²) >= 11 is 0. The molecule has 3 aromatic carbocycles. The summed E-state index contributed by atoms with van der Waals surface area (Å²) in [5.74, 6) is 0.864. The zero-order valence-corrected chi connectivity index (χ0v) is 23.3. The number of halogens is 1. The number of hydrogen-bond donors (Lipinski definition) is 3. The molecular formula is C29H38FNO6Si. The maximum absolute atomic E-state index is 13.4. The molecule has 7 nitrogen and oxygen atoms in total. The third-order valence-electron chi connectivity index (χ3n) is 6.37. The monoisotopic (exact) mass is 543 g/mol. The number of nitrogens with one attached hydrogen (secondary N) is 1. The normalized spacial score (nSPS) is 17.5. The van der Waals surface area contributed by atoms with Gasteiger partial charge in [0.25, 0.3) is 0 Å². The van der Waals surface area contributed by atoms with Gasteiger partial charge in [0.2, 0.25) is 0 Å². The Morgan fingerprint density at radius 1 is 1.08 bits per heavy atom. The molecular weight excluding hydrogens is 505 g/mol. The SMILES string of the molecule is C[Si](C)(C)CCOCOc1cc(COC2CNCCC2c2ccc(F)cc2)cc2ccccc12.O=C(O)O. The van der Waals surface area contributed by atoms with Crippen LogP contribution in [-0.4, -0.2) is 57.0 Å². The molecule has 0 aliphatic carbocycles. The molecule has 206 valence electrons. The average Bonchev–Trinajstić information content (AvgIpc) is 2.87. The molecule has 3 N–H and O–H groups in total. The van der Waals surface area contributed by atoms with E-state index in [2.05, 4.69) is 49.2 Å². The lowest BCUT2D eigenvalue weighted by atomic mass is 9.88. The van der Waals surface area contributed by atoms with E-state index in [4.69, 9.17) is 29.2 Å². The molecule has 0 radical (unpaired) electrons. The van der Waals surface area contributed by atoms with Gasteiger partial charge in [-0.15, -0.1) is 0 Å². The fourth-order valence-electron chi connectivity index (χ4n) is 4.38. The predicted molar refractivity (Wildman–Crippen MR) is 149 cm³/mol. The summed E-state index contributed by atoms with van der Waals surface area (Å²) in [6.45, 7) is 10.2. The van der Waals surface area contributed by atoms with E-state index in [1.54, 1.807) is 0 Å². The summed E-state index contributed by atoms with van der Waals surface area (Å²) < 4.78 is 31.7. The Balaban J connectivity index is 0.000000934. The highest BCUT2D eigenvalue weighted by Crippen LogP contribution is 2.31. The Morgan fingerprint density at radius 3 is 2.50 bits per heavy atom. The van der Waals surface area contributed by atoms with Crippen LogP contribution >= 0.6 is 0 Å². The molecule has 1 heterocycles. The van der Waals surface area contributed by atoms with Crippen LogP contribution in [0.3, 0.4) is 0 Å². The summed E-state index contributed by atoms with van der Waals surface area (Å²) in [4.78, 5) is 8.56. The van der Waals surface area contributed by atoms with Crippen LogP contribution < -0.4 is 10.1 Å². The number of rotatable bonds is 10. The van der Waals surface area contributed by atoms with Gasteiger partial charge in [0.15, 0.2) is 6.79 Å². The van der Waals surface area contributed by atoms with Crippen LogP contribution in [-0.2, 0) is 16.1 Å². The van der Waals surface area contributed by atoms with E-state index in [9.17, 15) is 4.39 Å². The molecule has 0 amide bonds. The smallest absolute Gasteiger partial charge is 0.467 e. The van der Waals surface area contributed by atoms with E-state index in [0.717, 1.165) is 59.8 Å². The van der Waals surface area contributed by atoms with Gasteiger partial charge in [-0.2, -0.15) is 0 Å². The van der Waals surface area contributed by atoms with Gasteiger partial charge in [-0.25, -0.2) is 9.18 Å². The molecule has 0 saturated carbocycles. The van der Waals surface area contributed by atoms with Crippen LogP contribution in [0.2, 0.25) is 25.7 Å². The lowest BCUT2D eigenvalue weighted by Crippen LogP contribution is -2.40. The van der Waals surface area contributed by atoms with Gasteiger partial charge in [-0.05, 0) is 59.8 Å². The molecule has 1 saturated heterocycles. The molecule has 38 heavy (non-hydrogen) atoms. The largest absolute Gasteiger partial charge is 0.503 e. The van der Waals surface area contributed by atoms with E-state index < -0.39 is 14.2 Å². The van der Waals surface area contributed by atoms with Gasteiger partial charge in [0.05, 0.1) is 12.7 Å². The average molecular weight is 544 g/mol. The van der Waals surface area contributed by atoms with Crippen molar-refractivity contribution in [2.24, 2.45) is 0 Å². The van der Waals surface area contributed by atoms with Gasteiger partial charge < -0.3 is 29.7 Å². The molecule has 2 unspecified atom stereocenters. The van der Waals surface area contributed by atoms with E-state index in [0.29, 0.717) is 6.61 Å². The lowest BCUT2D eigenvalue weighted by molar-refractivity contribution is 0.00981. The maximum Gasteiger partial charge on any atom is 0.503 e. The number of carboxylic acid groups (broad SMARTS) is 2. The first-order valence-corrected chi connectivity index (χ1v) is 16.5. The number of ether oxygens (including phenoxy) is 3. The highest BCUT2D eigenvalue weighted by Gasteiger charge is 2.27. The van der Waals surface area contributed by atoms with Crippen molar-refractivity contribution in [3.05, 3.63) is 77.6 Å². The third-order valence-corrected chi connectivity index (χ3v) is 8.07. The Hall–Kier alpha value is -2.98. The predicted octanol–water partition coefficient (Wildman–Crippen LogP) is 6.55. The van der Waals surface area contributed by atoms with Crippen LogP contribution in [0.4, 0.5) is 9.18 Å². The van der Waals surface area contributed by atoms with E-state index in [1.807, 2.05) is 24.3 Å². The number of carbonyl (C=O) groups is 1. The van der Waals surface area contributed by atoms with E-state index in [-0.39, 0.29) is 24.6 Å². The first kappa shape index (κ1) is 29.6. The minimum absolute atomic E-state index is 0.0277. The molecule has 4 rings (SSSR count). The first-order chi connectivity index (χ1) is 18.1. The first-order valence-electron chi connectivity index (χ1n) is 12.8. The fraction of sp³-hybridized carbons (Fsp3) is 0.414. The summed E-state index contributed by atoms with van der Waals surface area (Å²) in [5, 5.41) is 19.6. The Morgan fingerprint density at radius 2 is 1.79 bits per heavy atom. The summed E-state index contributed by atoms with van der Waals surface area (Å²) in [6.07, 6.45) is -0.836. The third kappa shape index (κ3) is 9.72. The summed E-state index contributed by atoms with van der Waals surface area (Å²) in [7, 11) is -1.12. The van der Waals surface area contributed by atoms with Crippen molar-refractivity contribution in [1.82, 2.24) is 5.32 Å². The van der Waals surface area contributed by atoms with Crippen molar-refractivity contribution in [3.8, 4) is 5.75 Å². The van der Waals surface area contributed by atoms with Crippen molar-refractivity contribution >= 4 is 25.0 Å². The van der Waals surface area contributed by atoms with E-state index >= 15 is 0 Å². The number of fused-ring (bicyclic) bond motifs is 1. The maximum atomic E-state index is 13.4. The van der Waals surface area contributed by atoms with Crippen molar-refractivity contribution < 1.29 is 33.6 Å². The minimum Gasteiger partial charge on any atom is -0.467 e. The Labute approximate surface area is 224 Å². The lowest BCUT2D eigenvalue weighted by Gasteiger charge is -2.32. The quantitative estimate of drug-likeness (QED) is 0.151. The Bertz CT molecular complexity index is 1160. The van der Waals surface area contributed by atoms with Gasteiger partial charge in [-0.3, -0.25) is 0 Å². The zero-order chi connectivity index (χ0) is 27.5. The second-order valence-corrected chi connectivity index (χ2v) is 16.2. The topological polar surface area (TPSA) is 97.2 Å². The highest BCUT2D eigenvalue weighted by molar-refractivity contribution is 6.76. The molecule has 0 spiro atoms. The van der Waals surface area contributed by atoms with Crippen molar-refractivity contribution in [2.45, 2.75) is 50.7 Å². The molecule has 0 bridgehead atoms.